The minimum absolute atomic E-state index is 0. The van der Waals surface area contributed by atoms with Gasteiger partial charge >= 0.3 is 0 Å². The van der Waals surface area contributed by atoms with Crippen LogP contribution in [0.2, 0.25) is 0 Å². The van der Waals surface area contributed by atoms with E-state index in [0.717, 1.165) is 6.54 Å². The number of alkyl halides is 1. The van der Waals surface area contributed by atoms with E-state index in [4.69, 9.17) is 11.6 Å². The fourth-order valence-corrected chi connectivity index (χ4v) is 1.78. The molecule has 1 unspecified atom stereocenters. The third kappa shape index (κ3) is 5.41. The number of hydrogen-bond donors (Lipinski definition) is 1. The van der Waals surface area contributed by atoms with Gasteiger partial charge in [-0.05, 0) is 11.5 Å². The van der Waals surface area contributed by atoms with E-state index in [9.17, 15) is 0 Å². The van der Waals surface area contributed by atoms with Gasteiger partial charge in [-0.25, -0.2) is 0 Å². The molecule has 0 saturated carbocycles. The first-order valence-corrected chi connectivity index (χ1v) is 5.60. The van der Waals surface area contributed by atoms with Crippen molar-refractivity contribution >= 4 is 24.0 Å². The highest BCUT2D eigenvalue weighted by atomic mass is 35.5. The molecular weight excluding hydrogens is 229 g/mol. The lowest BCUT2D eigenvalue weighted by molar-refractivity contribution is 0.430. The van der Waals surface area contributed by atoms with Gasteiger partial charge in [-0.2, -0.15) is 0 Å². The Morgan fingerprint density at radius 2 is 1.80 bits per heavy atom. The van der Waals surface area contributed by atoms with Crippen molar-refractivity contribution in [3.05, 3.63) is 35.9 Å². The van der Waals surface area contributed by atoms with E-state index in [0.29, 0.717) is 17.8 Å². The van der Waals surface area contributed by atoms with Crippen LogP contribution in [0.5, 0.6) is 0 Å². The Bertz CT molecular complexity index is 249. The molecule has 0 spiro atoms. The first-order valence-electron chi connectivity index (χ1n) is 5.07. The highest BCUT2D eigenvalue weighted by Gasteiger charge is 2.10. The summed E-state index contributed by atoms with van der Waals surface area (Å²) < 4.78 is 0. The minimum atomic E-state index is 0. The molecule has 0 aliphatic rings. The molecule has 0 aromatic heterocycles. The van der Waals surface area contributed by atoms with Crippen LogP contribution >= 0.6 is 24.0 Å². The molecule has 0 aliphatic heterocycles. The van der Waals surface area contributed by atoms with Crippen molar-refractivity contribution < 1.29 is 0 Å². The molecule has 0 radical (unpaired) electrons. The highest BCUT2D eigenvalue weighted by molar-refractivity contribution is 6.18. The van der Waals surface area contributed by atoms with Gasteiger partial charge in [0.05, 0.1) is 0 Å². The van der Waals surface area contributed by atoms with Crippen molar-refractivity contribution in [1.29, 1.82) is 0 Å². The lowest BCUT2D eigenvalue weighted by Crippen LogP contribution is -2.34. The van der Waals surface area contributed by atoms with Crippen molar-refractivity contribution in [2.24, 2.45) is 5.92 Å². The Morgan fingerprint density at radius 1 is 1.20 bits per heavy atom. The van der Waals surface area contributed by atoms with Gasteiger partial charge in [-0.1, -0.05) is 44.2 Å². The van der Waals surface area contributed by atoms with E-state index in [1.807, 2.05) is 6.07 Å². The Morgan fingerprint density at radius 3 is 2.27 bits per heavy atom. The van der Waals surface area contributed by atoms with E-state index >= 15 is 0 Å². The first-order chi connectivity index (χ1) is 6.74. The summed E-state index contributed by atoms with van der Waals surface area (Å²) in [5.74, 6) is 1.25. The van der Waals surface area contributed by atoms with Crippen molar-refractivity contribution in [1.82, 2.24) is 5.32 Å². The summed E-state index contributed by atoms with van der Waals surface area (Å²) in [6.07, 6.45) is 0. The van der Waals surface area contributed by atoms with E-state index < -0.39 is 0 Å². The van der Waals surface area contributed by atoms with Crippen LogP contribution in [0.25, 0.3) is 0 Å². The third-order valence-corrected chi connectivity index (χ3v) is 2.71. The van der Waals surface area contributed by atoms with Crippen molar-refractivity contribution in [3.63, 3.8) is 0 Å². The van der Waals surface area contributed by atoms with Crippen LogP contribution in [0, 0.1) is 5.92 Å². The van der Waals surface area contributed by atoms with Crippen molar-refractivity contribution in [2.45, 2.75) is 26.4 Å². The average molecular weight is 248 g/mol. The molecule has 1 aromatic rings. The molecule has 1 nitrogen and oxygen atoms in total. The van der Waals surface area contributed by atoms with Gasteiger partial charge in [0.1, 0.15) is 0 Å². The van der Waals surface area contributed by atoms with Crippen LogP contribution in [0.1, 0.15) is 19.4 Å². The van der Waals surface area contributed by atoms with Gasteiger partial charge in [-0.3, -0.25) is 0 Å². The Labute approximate surface area is 104 Å². The zero-order valence-electron chi connectivity index (χ0n) is 9.24. The van der Waals surface area contributed by atoms with Gasteiger partial charge in [0.2, 0.25) is 0 Å². The molecule has 3 heteroatoms. The Hall–Kier alpha value is -0.240. The van der Waals surface area contributed by atoms with Crippen LogP contribution in [-0.4, -0.2) is 11.9 Å². The number of nitrogens with one attached hydrogen (secondary N) is 1. The monoisotopic (exact) mass is 247 g/mol. The first kappa shape index (κ1) is 14.8. The van der Waals surface area contributed by atoms with Crippen LogP contribution in [-0.2, 0) is 6.54 Å². The van der Waals surface area contributed by atoms with Crippen LogP contribution in [0.3, 0.4) is 0 Å². The van der Waals surface area contributed by atoms with Crippen LogP contribution < -0.4 is 5.32 Å². The maximum Gasteiger partial charge on any atom is 0.0380 e. The zero-order chi connectivity index (χ0) is 10.4. The fourth-order valence-electron chi connectivity index (χ4n) is 1.31. The lowest BCUT2D eigenvalue weighted by Gasteiger charge is -2.19. The smallest absolute Gasteiger partial charge is 0.0380 e. The quantitative estimate of drug-likeness (QED) is 0.787. The minimum Gasteiger partial charge on any atom is -0.308 e. The molecule has 15 heavy (non-hydrogen) atoms. The summed E-state index contributed by atoms with van der Waals surface area (Å²) >= 11 is 5.87. The zero-order valence-corrected chi connectivity index (χ0v) is 10.8. The maximum atomic E-state index is 5.87. The van der Waals surface area contributed by atoms with Gasteiger partial charge in [-0.15, -0.1) is 24.0 Å². The molecule has 0 saturated heterocycles. The number of halogens is 2. The summed E-state index contributed by atoms with van der Waals surface area (Å²) in [5, 5.41) is 3.45. The van der Waals surface area contributed by atoms with Crippen molar-refractivity contribution in [2.75, 3.05) is 5.88 Å². The molecule has 1 aromatic carbocycles. The standard InChI is InChI=1S/C12H18ClN.ClH/c1-10(2)12(8-13)14-9-11-6-4-3-5-7-11;/h3-7,10,12,14H,8-9H2,1-2H3;1H. The van der Waals surface area contributed by atoms with E-state index in [2.05, 4.69) is 43.4 Å². The molecule has 1 atom stereocenters. The van der Waals surface area contributed by atoms with Crippen LogP contribution in [0.4, 0.5) is 0 Å². The molecule has 0 bridgehead atoms. The topological polar surface area (TPSA) is 12.0 Å². The third-order valence-electron chi connectivity index (χ3n) is 2.38. The predicted octanol–water partition coefficient (Wildman–Crippen LogP) is 3.46. The Balaban J connectivity index is 0.00000196. The summed E-state index contributed by atoms with van der Waals surface area (Å²) in [6, 6.07) is 10.8. The SMILES string of the molecule is CC(C)C(CCl)NCc1ccccc1.Cl. The summed E-state index contributed by atoms with van der Waals surface area (Å²) in [7, 11) is 0. The van der Waals surface area contributed by atoms with E-state index in [1.165, 1.54) is 5.56 Å². The molecule has 0 fully saturated rings. The molecule has 0 amide bonds. The largest absolute Gasteiger partial charge is 0.308 e. The highest BCUT2D eigenvalue weighted by Crippen LogP contribution is 2.05. The van der Waals surface area contributed by atoms with Crippen LogP contribution in [0.15, 0.2) is 30.3 Å². The average Bonchev–Trinajstić information content (AvgIpc) is 2.20. The number of benzene rings is 1. The molecular formula is C12H19Cl2N. The van der Waals surface area contributed by atoms with Gasteiger partial charge in [0, 0.05) is 18.5 Å². The summed E-state index contributed by atoms with van der Waals surface area (Å²) in [6.45, 7) is 5.27. The Kier molecular flexibility index (Phi) is 7.85. The molecule has 86 valence electrons. The second-order valence-electron chi connectivity index (χ2n) is 3.87. The molecule has 1 rings (SSSR count). The summed E-state index contributed by atoms with van der Waals surface area (Å²) in [5.41, 5.74) is 1.31. The normalized spacial score (nSPS) is 12.3. The lowest BCUT2D eigenvalue weighted by atomic mass is 10.1. The van der Waals surface area contributed by atoms with Gasteiger partial charge in [0.25, 0.3) is 0 Å². The predicted molar refractivity (Wildman–Crippen MR) is 69.9 cm³/mol. The summed E-state index contributed by atoms with van der Waals surface area (Å²) in [4.78, 5) is 0. The second kappa shape index (κ2) is 7.98. The molecule has 0 aliphatic carbocycles. The van der Waals surface area contributed by atoms with Gasteiger partial charge < -0.3 is 5.32 Å². The maximum absolute atomic E-state index is 5.87. The fraction of sp³-hybridized carbons (Fsp3) is 0.500. The number of hydrogen-bond acceptors (Lipinski definition) is 1. The number of rotatable bonds is 5. The van der Waals surface area contributed by atoms with E-state index in [-0.39, 0.29) is 12.4 Å². The second-order valence-corrected chi connectivity index (χ2v) is 4.18. The van der Waals surface area contributed by atoms with Gasteiger partial charge in [0.15, 0.2) is 0 Å². The molecule has 0 heterocycles. The van der Waals surface area contributed by atoms with Crippen molar-refractivity contribution in [3.8, 4) is 0 Å². The van der Waals surface area contributed by atoms with E-state index in [1.54, 1.807) is 0 Å². The molecule has 1 N–H and O–H groups in total.